The summed E-state index contributed by atoms with van der Waals surface area (Å²) in [5.41, 5.74) is 3.04. The summed E-state index contributed by atoms with van der Waals surface area (Å²) in [5, 5.41) is 3.56. The Kier molecular flexibility index (Phi) is 4.33. The Morgan fingerprint density at radius 2 is 2.00 bits per heavy atom. The zero-order chi connectivity index (χ0) is 13.0. The minimum Gasteiger partial charge on any atom is -0.496 e. The summed E-state index contributed by atoms with van der Waals surface area (Å²) in [4.78, 5) is 5.36. The van der Waals surface area contributed by atoms with Gasteiger partial charge in [-0.05, 0) is 19.9 Å². The van der Waals surface area contributed by atoms with E-state index in [4.69, 9.17) is 4.74 Å². The molecule has 0 aliphatic heterocycles. The highest BCUT2D eigenvalue weighted by Gasteiger charge is 2.15. The van der Waals surface area contributed by atoms with Crippen LogP contribution in [0.5, 0.6) is 5.75 Å². The molecule has 1 heterocycles. The van der Waals surface area contributed by atoms with Crippen molar-refractivity contribution in [1.82, 2.24) is 10.3 Å². The molecule has 0 spiro atoms. The molecule has 0 saturated heterocycles. The largest absolute Gasteiger partial charge is 0.496 e. The number of para-hydroxylation sites is 1. The van der Waals surface area contributed by atoms with Gasteiger partial charge in [-0.15, -0.1) is 11.3 Å². The maximum Gasteiger partial charge on any atom is 0.123 e. The summed E-state index contributed by atoms with van der Waals surface area (Å²) in [6, 6.07) is 8.63. The van der Waals surface area contributed by atoms with E-state index in [1.54, 1.807) is 18.4 Å². The van der Waals surface area contributed by atoms with Crippen molar-refractivity contribution in [2.75, 3.05) is 7.11 Å². The molecule has 0 fully saturated rings. The van der Waals surface area contributed by atoms with Gasteiger partial charge in [-0.1, -0.05) is 18.2 Å². The molecule has 0 bridgehead atoms. The van der Waals surface area contributed by atoms with E-state index in [0.29, 0.717) is 0 Å². The van der Waals surface area contributed by atoms with E-state index in [-0.39, 0.29) is 12.1 Å². The molecule has 4 heteroatoms. The first-order valence-electron chi connectivity index (χ1n) is 5.99. The van der Waals surface area contributed by atoms with E-state index in [9.17, 15) is 0 Å². The number of hydrogen-bond donors (Lipinski definition) is 1. The molecule has 0 amide bonds. The van der Waals surface area contributed by atoms with Gasteiger partial charge < -0.3 is 10.1 Å². The standard InChI is InChI=1S/C14H18N2OS/c1-10(12-6-4-5-7-13(12)17-3)16-11(2)14-8-15-9-18-14/h4-11,16H,1-3H3/t10-,11?/m0/s1. The second-order valence-corrected chi connectivity index (χ2v) is 5.17. The third-order valence-corrected chi connectivity index (χ3v) is 3.94. The first-order chi connectivity index (χ1) is 8.72. The SMILES string of the molecule is COc1ccccc1[C@H](C)NC(C)c1cncs1. The Balaban J connectivity index is 2.09. The fraction of sp³-hybridized carbons (Fsp3) is 0.357. The molecule has 18 heavy (non-hydrogen) atoms. The first kappa shape index (κ1) is 13.1. The van der Waals surface area contributed by atoms with Gasteiger partial charge in [0.2, 0.25) is 0 Å². The molecule has 2 rings (SSSR count). The van der Waals surface area contributed by atoms with Gasteiger partial charge in [0.15, 0.2) is 0 Å². The first-order valence-corrected chi connectivity index (χ1v) is 6.87. The van der Waals surface area contributed by atoms with Crippen LogP contribution in [0.15, 0.2) is 36.0 Å². The summed E-state index contributed by atoms with van der Waals surface area (Å²) in [6.07, 6.45) is 1.91. The van der Waals surface area contributed by atoms with E-state index in [2.05, 4.69) is 30.2 Å². The Labute approximate surface area is 112 Å². The van der Waals surface area contributed by atoms with E-state index in [1.807, 2.05) is 29.9 Å². The Morgan fingerprint density at radius 1 is 1.22 bits per heavy atom. The van der Waals surface area contributed by atoms with Crippen molar-refractivity contribution in [2.24, 2.45) is 0 Å². The van der Waals surface area contributed by atoms with Crippen LogP contribution in [0.4, 0.5) is 0 Å². The fourth-order valence-corrected chi connectivity index (χ4v) is 2.65. The zero-order valence-electron chi connectivity index (χ0n) is 10.9. The highest BCUT2D eigenvalue weighted by atomic mass is 32.1. The lowest BCUT2D eigenvalue weighted by atomic mass is 10.1. The van der Waals surface area contributed by atoms with Crippen molar-refractivity contribution in [3.8, 4) is 5.75 Å². The topological polar surface area (TPSA) is 34.1 Å². The van der Waals surface area contributed by atoms with Crippen molar-refractivity contribution < 1.29 is 4.74 Å². The third kappa shape index (κ3) is 2.89. The van der Waals surface area contributed by atoms with Crippen LogP contribution in [0.2, 0.25) is 0 Å². The van der Waals surface area contributed by atoms with Crippen LogP contribution in [0, 0.1) is 0 Å². The number of rotatable bonds is 5. The number of hydrogen-bond acceptors (Lipinski definition) is 4. The number of aromatic nitrogens is 1. The maximum atomic E-state index is 5.39. The Bertz CT molecular complexity index is 484. The second-order valence-electron chi connectivity index (χ2n) is 4.26. The highest BCUT2D eigenvalue weighted by molar-refractivity contribution is 7.09. The molecule has 1 N–H and O–H groups in total. The smallest absolute Gasteiger partial charge is 0.123 e. The van der Waals surface area contributed by atoms with Gasteiger partial charge in [0.05, 0.1) is 12.6 Å². The molecule has 96 valence electrons. The number of nitrogens with zero attached hydrogens (tertiary/aromatic N) is 1. The normalized spacial score (nSPS) is 14.2. The Morgan fingerprint density at radius 3 is 2.67 bits per heavy atom. The van der Waals surface area contributed by atoms with Crippen molar-refractivity contribution in [3.63, 3.8) is 0 Å². The molecular weight excluding hydrogens is 244 g/mol. The summed E-state index contributed by atoms with van der Waals surface area (Å²) in [6.45, 7) is 4.30. The quantitative estimate of drug-likeness (QED) is 0.894. The molecule has 2 aromatic rings. The molecule has 0 aliphatic rings. The fourth-order valence-electron chi connectivity index (χ4n) is 2.01. The molecule has 0 aliphatic carbocycles. The van der Waals surface area contributed by atoms with E-state index in [1.165, 1.54) is 10.4 Å². The predicted octanol–water partition coefficient (Wildman–Crippen LogP) is 3.56. The van der Waals surface area contributed by atoms with Gasteiger partial charge in [0.25, 0.3) is 0 Å². The van der Waals surface area contributed by atoms with Crippen LogP contribution in [-0.4, -0.2) is 12.1 Å². The van der Waals surface area contributed by atoms with Gasteiger partial charge in [0.1, 0.15) is 5.75 Å². The van der Waals surface area contributed by atoms with Gasteiger partial charge in [-0.25, -0.2) is 0 Å². The number of benzene rings is 1. The van der Waals surface area contributed by atoms with Crippen molar-refractivity contribution in [3.05, 3.63) is 46.4 Å². The van der Waals surface area contributed by atoms with Crippen molar-refractivity contribution in [2.45, 2.75) is 25.9 Å². The summed E-state index contributed by atoms with van der Waals surface area (Å²) < 4.78 is 5.39. The molecule has 1 aromatic heterocycles. The third-order valence-electron chi connectivity index (χ3n) is 2.98. The van der Waals surface area contributed by atoms with Crippen LogP contribution in [-0.2, 0) is 0 Å². The van der Waals surface area contributed by atoms with E-state index < -0.39 is 0 Å². The lowest BCUT2D eigenvalue weighted by Gasteiger charge is -2.21. The summed E-state index contributed by atoms with van der Waals surface area (Å²) in [5.74, 6) is 0.925. The van der Waals surface area contributed by atoms with Gasteiger partial charge in [-0.3, -0.25) is 4.98 Å². The molecule has 1 aromatic carbocycles. The maximum absolute atomic E-state index is 5.39. The summed E-state index contributed by atoms with van der Waals surface area (Å²) in [7, 11) is 1.71. The molecule has 2 atom stereocenters. The number of ether oxygens (including phenoxy) is 1. The van der Waals surface area contributed by atoms with E-state index in [0.717, 1.165) is 5.75 Å². The molecule has 3 nitrogen and oxygen atoms in total. The van der Waals surface area contributed by atoms with Crippen LogP contribution < -0.4 is 10.1 Å². The lowest BCUT2D eigenvalue weighted by Crippen LogP contribution is -2.22. The van der Waals surface area contributed by atoms with Gasteiger partial charge >= 0.3 is 0 Å². The molecule has 0 radical (unpaired) electrons. The average molecular weight is 262 g/mol. The van der Waals surface area contributed by atoms with E-state index >= 15 is 0 Å². The van der Waals surface area contributed by atoms with Crippen LogP contribution in [0.1, 0.15) is 36.4 Å². The molecule has 0 saturated carbocycles. The summed E-state index contributed by atoms with van der Waals surface area (Å²) >= 11 is 1.67. The van der Waals surface area contributed by atoms with Gasteiger partial charge in [-0.2, -0.15) is 0 Å². The second kappa shape index (κ2) is 5.98. The lowest BCUT2D eigenvalue weighted by molar-refractivity contribution is 0.397. The number of thiazole rings is 1. The predicted molar refractivity (Wildman–Crippen MR) is 75.1 cm³/mol. The Hall–Kier alpha value is -1.39. The average Bonchev–Trinajstić information content (AvgIpc) is 2.92. The highest BCUT2D eigenvalue weighted by Crippen LogP contribution is 2.27. The minimum absolute atomic E-state index is 0.234. The molecular formula is C14H18N2OS. The minimum atomic E-state index is 0.234. The van der Waals surface area contributed by atoms with Gasteiger partial charge in [0, 0.05) is 28.7 Å². The number of nitrogens with one attached hydrogen (secondary N) is 1. The monoisotopic (exact) mass is 262 g/mol. The van der Waals surface area contributed by atoms with Crippen LogP contribution in [0.3, 0.4) is 0 Å². The number of methoxy groups -OCH3 is 1. The molecule has 1 unspecified atom stereocenters. The van der Waals surface area contributed by atoms with Crippen molar-refractivity contribution in [1.29, 1.82) is 0 Å². The van der Waals surface area contributed by atoms with Crippen molar-refractivity contribution >= 4 is 11.3 Å². The van der Waals surface area contributed by atoms with Crippen LogP contribution >= 0.6 is 11.3 Å². The van der Waals surface area contributed by atoms with Crippen LogP contribution in [0.25, 0.3) is 0 Å². The zero-order valence-corrected chi connectivity index (χ0v) is 11.7.